The van der Waals surface area contributed by atoms with Gasteiger partial charge in [0.15, 0.2) is 0 Å². The summed E-state index contributed by atoms with van der Waals surface area (Å²) in [7, 11) is 0. The molecule has 2 heteroatoms. The Bertz CT molecular complexity index is 672. The van der Waals surface area contributed by atoms with Gasteiger partial charge in [0.1, 0.15) is 6.10 Å². The third kappa shape index (κ3) is 2.63. The summed E-state index contributed by atoms with van der Waals surface area (Å²) < 4.78 is 5.55. The normalized spacial score (nSPS) is 46.0. The van der Waals surface area contributed by atoms with Crippen LogP contribution in [0.3, 0.4) is 0 Å². The Hall–Kier alpha value is -1.31. The van der Waals surface area contributed by atoms with Crippen LogP contribution in [0.2, 0.25) is 0 Å². The molecule has 0 radical (unpaired) electrons. The molecule has 0 aromatic carbocycles. The van der Waals surface area contributed by atoms with Crippen LogP contribution in [0.4, 0.5) is 0 Å². The van der Waals surface area contributed by atoms with E-state index in [1.165, 1.54) is 45.4 Å². The smallest absolute Gasteiger partial charge is 0.302 e. The van der Waals surface area contributed by atoms with Crippen LogP contribution in [0, 0.1) is 28.6 Å². The van der Waals surface area contributed by atoms with Crippen LogP contribution in [-0.4, -0.2) is 12.1 Å². The SMILES string of the molecule is C=C/C=C1/CC[C@@H]2[C@H]3CC=C4C[C@H](OC(C)=O)CC[C@]4(C)[C@@H]3CC[C@]12C. The quantitative estimate of drug-likeness (QED) is 0.449. The number of fused-ring (bicyclic) bond motifs is 5. The first-order valence-electron chi connectivity index (χ1n) is 10.6. The summed E-state index contributed by atoms with van der Waals surface area (Å²) in [6.07, 6.45) is 16.6. The summed E-state index contributed by atoms with van der Waals surface area (Å²) in [5.74, 6) is 2.33. The van der Waals surface area contributed by atoms with Gasteiger partial charge in [-0.15, -0.1) is 0 Å². The van der Waals surface area contributed by atoms with Crippen molar-refractivity contribution in [2.24, 2.45) is 28.6 Å². The molecule has 0 spiro atoms. The summed E-state index contributed by atoms with van der Waals surface area (Å²) in [4.78, 5) is 11.4. The number of rotatable bonds is 2. The molecule has 142 valence electrons. The Balaban J connectivity index is 1.60. The molecule has 4 aliphatic carbocycles. The number of hydrogen-bond acceptors (Lipinski definition) is 2. The Morgan fingerprint density at radius 1 is 1.19 bits per heavy atom. The van der Waals surface area contributed by atoms with E-state index in [-0.39, 0.29) is 12.1 Å². The van der Waals surface area contributed by atoms with Crippen molar-refractivity contribution in [1.29, 1.82) is 0 Å². The van der Waals surface area contributed by atoms with Gasteiger partial charge >= 0.3 is 5.97 Å². The van der Waals surface area contributed by atoms with Crippen LogP contribution in [0.15, 0.2) is 36.0 Å². The first-order valence-corrected chi connectivity index (χ1v) is 10.6. The van der Waals surface area contributed by atoms with E-state index < -0.39 is 0 Å². The van der Waals surface area contributed by atoms with E-state index in [9.17, 15) is 4.79 Å². The Kier molecular flexibility index (Phi) is 4.44. The molecule has 6 atom stereocenters. The van der Waals surface area contributed by atoms with E-state index >= 15 is 0 Å². The lowest BCUT2D eigenvalue weighted by atomic mass is 9.48. The lowest BCUT2D eigenvalue weighted by Gasteiger charge is -2.57. The van der Waals surface area contributed by atoms with Gasteiger partial charge in [0.2, 0.25) is 0 Å². The van der Waals surface area contributed by atoms with Crippen molar-refractivity contribution in [3.05, 3.63) is 36.0 Å². The second-order valence-electron chi connectivity index (χ2n) is 9.66. The number of carbonyl (C=O) groups is 1. The van der Waals surface area contributed by atoms with Crippen LogP contribution in [0.25, 0.3) is 0 Å². The number of carbonyl (C=O) groups excluding carboxylic acids is 1. The van der Waals surface area contributed by atoms with Gasteiger partial charge in [-0.25, -0.2) is 0 Å². The molecule has 0 aromatic rings. The summed E-state index contributed by atoms with van der Waals surface area (Å²) in [6.45, 7) is 10.5. The van der Waals surface area contributed by atoms with Gasteiger partial charge in [-0.2, -0.15) is 0 Å². The molecule has 0 heterocycles. The van der Waals surface area contributed by atoms with Gasteiger partial charge in [-0.3, -0.25) is 4.79 Å². The van der Waals surface area contributed by atoms with Gasteiger partial charge in [-0.05, 0) is 73.5 Å². The lowest BCUT2D eigenvalue weighted by molar-refractivity contribution is -0.148. The van der Waals surface area contributed by atoms with Crippen molar-refractivity contribution < 1.29 is 9.53 Å². The van der Waals surface area contributed by atoms with Crippen LogP contribution in [0.5, 0.6) is 0 Å². The number of ether oxygens (including phenoxy) is 1. The average Bonchev–Trinajstić information content (AvgIpc) is 2.92. The predicted molar refractivity (Wildman–Crippen MR) is 106 cm³/mol. The van der Waals surface area contributed by atoms with Crippen LogP contribution in [0.1, 0.15) is 72.1 Å². The molecule has 0 unspecified atom stereocenters. The Labute approximate surface area is 158 Å². The molecule has 3 fully saturated rings. The maximum atomic E-state index is 11.4. The highest BCUT2D eigenvalue weighted by Gasteiger charge is 2.57. The zero-order chi connectivity index (χ0) is 18.5. The number of hydrogen-bond donors (Lipinski definition) is 0. The highest BCUT2D eigenvalue weighted by atomic mass is 16.5. The number of esters is 1. The molecule has 2 nitrogen and oxygen atoms in total. The summed E-state index contributed by atoms with van der Waals surface area (Å²) in [5.41, 5.74) is 3.95. The molecular formula is C24H34O2. The maximum absolute atomic E-state index is 11.4. The van der Waals surface area contributed by atoms with Crippen molar-refractivity contribution >= 4 is 5.97 Å². The van der Waals surface area contributed by atoms with E-state index in [0.29, 0.717) is 10.8 Å². The predicted octanol–water partition coefficient (Wildman–Crippen LogP) is 5.99. The Morgan fingerprint density at radius 2 is 1.92 bits per heavy atom. The summed E-state index contributed by atoms with van der Waals surface area (Å²) in [6, 6.07) is 0. The van der Waals surface area contributed by atoms with Crippen LogP contribution in [-0.2, 0) is 9.53 Å². The monoisotopic (exact) mass is 354 g/mol. The topological polar surface area (TPSA) is 26.3 Å². The fourth-order valence-corrected chi connectivity index (χ4v) is 7.23. The van der Waals surface area contributed by atoms with Crippen molar-refractivity contribution in [1.82, 2.24) is 0 Å². The zero-order valence-corrected chi connectivity index (χ0v) is 16.7. The van der Waals surface area contributed by atoms with Crippen molar-refractivity contribution in [3.63, 3.8) is 0 Å². The third-order valence-electron chi connectivity index (χ3n) is 8.56. The van der Waals surface area contributed by atoms with Gasteiger partial charge in [-0.1, -0.05) is 49.8 Å². The molecule has 0 aliphatic heterocycles. The number of allylic oxidation sites excluding steroid dienone is 4. The minimum atomic E-state index is -0.131. The molecule has 3 saturated carbocycles. The summed E-state index contributed by atoms with van der Waals surface area (Å²) in [5, 5.41) is 0. The first kappa shape index (κ1) is 18.1. The standard InChI is InChI=1S/C24H34O2/c1-5-6-17-8-10-21-20-9-7-18-15-19(26-16(2)25)11-13-24(18,4)22(20)12-14-23(17,21)3/h5-7,19-22H,1,8-15H2,2-4H3/b17-6-/t19-,20-,21-,22-,23-,24+/m1/s1. The maximum Gasteiger partial charge on any atom is 0.302 e. The fraction of sp³-hybridized carbons (Fsp3) is 0.708. The lowest BCUT2D eigenvalue weighted by Crippen LogP contribution is -2.49. The minimum absolute atomic E-state index is 0.103. The fourth-order valence-electron chi connectivity index (χ4n) is 7.23. The second kappa shape index (κ2) is 6.39. The molecule has 0 aromatic heterocycles. The summed E-state index contributed by atoms with van der Waals surface area (Å²) >= 11 is 0. The second-order valence-corrected chi connectivity index (χ2v) is 9.66. The average molecular weight is 355 g/mol. The van der Waals surface area contributed by atoms with Crippen molar-refractivity contribution in [3.8, 4) is 0 Å². The van der Waals surface area contributed by atoms with E-state index in [1.54, 1.807) is 11.1 Å². The highest BCUT2D eigenvalue weighted by Crippen LogP contribution is 2.66. The Morgan fingerprint density at radius 3 is 2.65 bits per heavy atom. The molecule has 4 rings (SSSR count). The third-order valence-corrected chi connectivity index (χ3v) is 8.56. The van der Waals surface area contributed by atoms with Crippen LogP contribution < -0.4 is 0 Å². The molecule has 26 heavy (non-hydrogen) atoms. The zero-order valence-electron chi connectivity index (χ0n) is 16.7. The molecule has 0 amide bonds. The molecule has 0 N–H and O–H groups in total. The van der Waals surface area contributed by atoms with E-state index in [0.717, 1.165) is 30.6 Å². The largest absolute Gasteiger partial charge is 0.462 e. The van der Waals surface area contributed by atoms with E-state index in [2.05, 4.69) is 32.6 Å². The molecule has 4 aliphatic rings. The van der Waals surface area contributed by atoms with Gasteiger partial charge in [0.25, 0.3) is 0 Å². The van der Waals surface area contributed by atoms with E-state index in [1.807, 2.05) is 6.08 Å². The molecule has 0 bridgehead atoms. The first-order chi connectivity index (χ1) is 12.4. The molecular weight excluding hydrogens is 320 g/mol. The molecule has 0 saturated heterocycles. The van der Waals surface area contributed by atoms with Gasteiger partial charge in [0.05, 0.1) is 0 Å². The van der Waals surface area contributed by atoms with Crippen molar-refractivity contribution in [2.45, 2.75) is 78.2 Å². The van der Waals surface area contributed by atoms with Crippen molar-refractivity contribution in [2.75, 3.05) is 0 Å². The van der Waals surface area contributed by atoms with Gasteiger partial charge in [0, 0.05) is 13.3 Å². The van der Waals surface area contributed by atoms with E-state index in [4.69, 9.17) is 4.74 Å². The minimum Gasteiger partial charge on any atom is -0.462 e. The van der Waals surface area contributed by atoms with Crippen LogP contribution >= 0.6 is 0 Å². The van der Waals surface area contributed by atoms with Gasteiger partial charge < -0.3 is 4.74 Å². The highest BCUT2D eigenvalue weighted by molar-refractivity contribution is 5.66.